The first-order valence-electron chi connectivity index (χ1n) is 9.55. The van der Waals surface area contributed by atoms with Crippen LogP contribution in [0.25, 0.3) is 0 Å². The molecule has 2 nitrogen and oxygen atoms in total. The Kier molecular flexibility index (Phi) is 4.29. The summed E-state index contributed by atoms with van der Waals surface area (Å²) in [6, 6.07) is 34.9. The molecule has 0 radical (unpaired) electrons. The van der Waals surface area contributed by atoms with Crippen molar-refractivity contribution in [1.82, 2.24) is 0 Å². The van der Waals surface area contributed by atoms with Gasteiger partial charge in [-0.15, -0.1) is 0 Å². The van der Waals surface area contributed by atoms with Crippen molar-refractivity contribution in [3.05, 3.63) is 142 Å². The molecule has 2 unspecified atom stereocenters. The van der Waals surface area contributed by atoms with Crippen LogP contribution in [0.15, 0.2) is 109 Å². The maximum Gasteiger partial charge on any atom is 0.221 e. The van der Waals surface area contributed by atoms with Gasteiger partial charge in [-0.3, -0.25) is 0 Å². The summed E-state index contributed by atoms with van der Waals surface area (Å²) in [5.74, 6) is -1.60. The van der Waals surface area contributed by atoms with Crippen molar-refractivity contribution in [3.63, 3.8) is 0 Å². The van der Waals surface area contributed by atoms with E-state index in [1.807, 2.05) is 109 Å². The van der Waals surface area contributed by atoms with Gasteiger partial charge in [-0.05, 0) is 11.6 Å². The van der Waals surface area contributed by atoms with Crippen molar-refractivity contribution in [1.29, 1.82) is 0 Å². The largest absolute Gasteiger partial charge is 0.358 e. The Labute approximate surface area is 175 Å². The molecule has 0 aromatic heterocycles. The highest BCUT2D eigenvalue weighted by Gasteiger charge is 2.56. The first kappa shape index (κ1) is 18.1. The van der Waals surface area contributed by atoms with Crippen LogP contribution in [0.5, 0.6) is 0 Å². The molecule has 29 heavy (non-hydrogen) atoms. The fourth-order valence-electron chi connectivity index (χ4n) is 4.29. The van der Waals surface area contributed by atoms with Crippen LogP contribution in [-0.4, -0.2) is 5.11 Å². The lowest BCUT2D eigenvalue weighted by atomic mass is 9.79. The van der Waals surface area contributed by atoms with E-state index in [4.69, 9.17) is 16.3 Å². The van der Waals surface area contributed by atoms with Crippen LogP contribution in [0.3, 0.4) is 0 Å². The van der Waals surface area contributed by atoms with Gasteiger partial charge < -0.3 is 9.84 Å². The van der Waals surface area contributed by atoms with Crippen LogP contribution < -0.4 is 0 Å². The SMILES string of the molecule is OC1(c2ccccc2)OC(c2ccccc2)(c2ccccc2Cl)c2ccccc21. The third kappa shape index (κ3) is 2.65. The molecule has 1 aliphatic heterocycles. The standard InChI is InChI=1S/C26H19ClO2/c27-24-18-10-9-17-23(24)25(19-11-3-1-4-12-19)21-15-7-8-16-22(21)26(28,29-25)20-13-5-2-6-14-20/h1-18,28H. The second kappa shape index (κ2) is 6.85. The molecule has 2 atom stereocenters. The van der Waals surface area contributed by atoms with Crippen molar-refractivity contribution in [2.45, 2.75) is 11.4 Å². The molecule has 4 aromatic carbocycles. The number of fused-ring (bicyclic) bond motifs is 1. The highest BCUT2D eigenvalue weighted by Crippen LogP contribution is 2.56. The molecule has 5 rings (SSSR count). The minimum atomic E-state index is -1.60. The lowest BCUT2D eigenvalue weighted by molar-refractivity contribution is -0.208. The predicted molar refractivity (Wildman–Crippen MR) is 115 cm³/mol. The van der Waals surface area contributed by atoms with Crippen LogP contribution in [0.1, 0.15) is 27.8 Å². The van der Waals surface area contributed by atoms with Gasteiger partial charge >= 0.3 is 0 Å². The molecule has 142 valence electrons. The van der Waals surface area contributed by atoms with E-state index in [0.29, 0.717) is 10.6 Å². The number of aliphatic hydroxyl groups is 1. The molecule has 1 N–H and O–H groups in total. The van der Waals surface area contributed by atoms with Crippen LogP contribution in [0.4, 0.5) is 0 Å². The monoisotopic (exact) mass is 398 g/mol. The molecule has 1 aliphatic rings. The number of halogens is 1. The van der Waals surface area contributed by atoms with Crippen LogP contribution in [0, 0.1) is 0 Å². The van der Waals surface area contributed by atoms with Gasteiger partial charge in [-0.2, -0.15) is 0 Å². The number of hydrogen-bond acceptors (Lipinski definition) is 2. The molecule has 0 saturated carbocycles. The Morgan fingerprint density at radius 1 is 0.552 bits per heavy atom. The number of rotatable bonds is 3. The van der Waals surface area contributed by atoms with Gasteiger partial charge in [0.05, 0.1) is 0 Å². The lowest BCUT2D eigenvalue weighted by Gasteiger charge is -2.35. The number of ether oxygens (including phenoxy) is 1. The second-order valence-electron chi connectivity index (χ2n) is 7.18. The van der Waals surface area contributed by atoms with E-state index < -0.39 is 11.4 Å². The third-order valence-electron chi connectivity index (χ3n) is 5.57. The molecule has 1 heterocycles. The zero-order valence-corrected chi connectivity index (χ0v) is 16.4. The van der Waals surface area contributed by atoms with Gasteiger partial charge in [0.1, 0.15) is 5.60 Å². The van der Waals surface area contributed by atoms with Gasteiger partial charge in [0, 0.05) is 27.3 Å². The molecule has 0 fully saturated rings. The highest BCUT2D eigenvalue weighted by atomic mass is 35.5. The fourth-order valence-corrected chi connectivity index (χ4v) is 4.55. The smallest absolute Gasteiger partial charge is 0.221 e. The summed E-state index contributed by atoms with van der Waals surface area (Å²) in [6.07, 6.45) is 0. The highest BCUT2D eigenvalue weighted by molar-refractivity contribution is 6.31. The molecular weight excluding hydrogens is 380 g/mol. The van der Waals surface area contributed by atoms with Crippen molar-refractivity contribution >= 4 is 11.6 Å². The van der Waals surface area contributed by atoms with E-state index in [9.17, 15) is 5.11 Å². The van der Waals surface area contributed by atoms with E-state index in [2.05, 4.69) is 0 Å². The lowest BCUT2D eigenvalue weighted by Crippen LogP contribution is -2.35. The summed E-state index contributed by atoms with van der Waals surface area (Å²) < 4.78 is 6.72. The van der Waals surface area contributed by atoms with Crippen LogP contribution in [-0.2, 0) is 16.1 Å². The minimum absolute atomic E-state index is 0.587. The fraction of sp³-hybridized carbons (Fsp3) is 0.0769. The van der Waals surface area contributed by atoms with Crippen molar-refractivity contribution in [3.8, 4) is 0 Å². The van der Waals surface area contributed by atoms with Crippen molar-refractivity contribution in [2.75, 3.05) is 0 Å². The number of benzene rings is 4. The Balaban J connectivity index is 1.87. The molecule has 0 spiro atoms. The summed E-state index contributed by atoms with van der Waals surface area (Å²) in [4.78, 5) is 0. The third-order valence-corrected chi connectivity index (χ3v) is 5.90. The van der Waals surface area contributed by atoms with Gasteiger partial charge in [-0.1, -0.05) is 115 Å². The molecule has 3 heteroatoms. The zero-order chi connectivity index (χ0) is 19.9. The summed E-state index contributed by atoms with van der Waals surface area (Å²) in [5.41, 5.74) is 2.94. The molecule has 0 saturated heterocycles. The van der Waals surface area contributed by atoms with E-state index in [-0.39, 0.29) is 0 Å². The summed E-state index contributed by atoms with van der Waals surface area (Å²) >= 11 is 6.69. The predicted octanol–water partition coefficient (Wildman–Crippen LogP) is 5.86. The summed E-state index contributed by atoms with van der Waals surface area (Å²) in [7, 11) is 0. The molecule has 0 aliphatic carbocycles. The quantitative estimate of drug-likeness (QED) is 0.468. The van der Waals surface area contributed by atoms with E-state index in [0.717, 1.165) is 22.3 Å². The second-order valence-corrected chi connectivity index (χ2v) is 7.59. The molecular formula is C26H19ClO2. The van der Waals surface area contributed by atoms with Gasteiger partial charge in [0.25, 0.3) is 0 Å². The molecule has 0 bridgehead atoms. The topological polar surface area (TPSA) is 29.5 Å². The number of hydrogen-bond donors (Lipinski definition) is 1. The zero-order valence-electron chi connectivity index (χ0n) is 15.6. The summed E-state index contributed by atoms with van der Waals surface area (Å²) in [5, 5.41) is 12.5. The minimum Gasteiger partial charge on any atom is -0.358 e. The maximum absolute atomic E-state index is 11.9. The van der Waals surface area contributed by atoms with Gasteiger partial charge in [0.2, 0.25) is 5.79 Å². The van der Waals surface area contributed by atoms with E-state index in [1.54, 1.807) is 0 Å². The average molecular weight is 399 g/mol. The average Bonchev–Trinajstić information content (AvgIpc) is 3.07. The van der Waals surface area contributed by atoms with Crippen molar-refractivity contribution < 1.29 is 9.84 Å². The molecule has 4 aromatic rings. The Bertz CT molecular complexity index is 1160. The van der Waals surface area contributed by atoms with E-state index in [1.165, 1.54) is 0 Å². The first-order valence-corrected chi connectivity index (χ1v) is 9.92. The van der Waals surface area contributed by atoms with Crippen LogP contribution in [0.2, 0.25) is 5.02 Å². The van der Waals surface area contributed by atoms with Gasteiger partial charge in [0.15, 0.2) is 0 Å². The first-order chi connectivity index (χ1) is 14.2. The normalized spacial score (nSPS) is 23.0. The Morgan fingerprint density at radius 3 is 1.66 bits per heavy atom. The van der Waals surface area contributed by atoms with E-state index >= 15 is 0 Å². The van der Waals surface area contributed by atoms with Gasteiger partial charge in [-0.25, -0.2) is 0 Å². The Hall–Kier alpha value is -2.91. The van der Waals surface area contributed by atoms with Crippen LogP contribution >= 0.6 is 11.6 Å². The maximum atomic E-state index is 11.9. The Morgan fingerprint density at radius 2 is 1.03 bits per heavy atom. The summed E-state index contributed by atoms with van der Waals surface area (Å²) in [6.45, 7) is 0. The van der Waals surface area contributed by atoms with Crippen molar-refractivity contribution in [2.24, 2.45) is 0 Å². The molecule has 0 amide bonds.